The Morgan fingerprint density at radius 2 is 2.00 bits per heavy atom. The summed E-state index contributed by atoms with van der Waals surface area (Å²) in [6, 6.07) is 13.0. The average molecular weight is 414 g/mol. The maximum atomic E-state index is 12.1. The van der Waals surface area contributed by atoms with Crippen LogP contribution in [0.2, 0.25) is 0 Å². The van der Waals surface area contributed by atoms with Crippen LogP contribution in [0.25, 0.3) is 22.5 Å². The van der Waals surface area contributed by atoms with E-state index in [0.717, 1.165) is 37.1 Å². The monoisotopic (exact) mass is 414 g/mol. The van der Waals surface area contributed by atoms with Gasteiger partial charge >= 0.3 is 0 Å². The lowest BCUT2D eigenvalue weighted by Crippen LogP contribution is -2.31. The van der Waals surface area contributed by atoms with Crippen LogP contribution in [0.1, 0.15) is 18.4 Å². The number of nitrogens with one attached hydrogen (secondary N) is 1. The average Bonchev–Trinajstić information content (AvgIpc) is 3.39. The van der Waals surface area contributed by atoms with Crippen LogP contribution in [0.4, 0.5) is 0 Å². The van der Waals surface area contributed by atoms with Gasteiger partial charge in [0.25, 0.3) is 0 Å². The quantitative estimate of drug-likeness (QED) is 0.550. The summed E-state index contributed by atoms with van der Waals surface area (Å²) in [6.45, 7) is 1.92. The van der Waals surface area contributed by atoms with Gasteiger partial charge in [0.15, 0.2) is 5.82 Å². The Bertz CT molecular complexity index is 1080. The molecule has 10 heteroatoms. The van der Waals surface area contributed by atoms with Crippen LogP contribution in [0, 0.1) is 0 Å². The molecule has 9 nitrogen and oxygen atoms in total. The molecule has 29 heavy (non-hydrogen) atoms. The van der Waals surface area contributed by atoms with Gasteiger partial charge in [0.05, 0.1) is 11.5 Å². The maximum absolute atomic E-state index is 12.1. The smallest absolute Gasteiger partial charge is 0.238 e. The lowest BCUT2D eigenvalue weighted by atomic mass is 9.98. The SMILES string of the molecule is NS(=O)(=O)c1cccc(-c2ccc(CN3CCCC3CO)cc2)c1-c1nnn[nH]1. The number of likely N-dealkylation sites (tertiary alicyclic amines) is 1. The summed E-state index contributed by atoms with van der Waals surface area (Å²) in [4.78, 5) is 2.24. The zero-order valence-corrected chi connectivity index (χ0v) is 16.5. The van der Waals surface area contributed by atoms with E-state index in [4.69, 9.17) is 5.14 Å². The molecule has 2 aromatic carbocycles. The summed E-state index contributed by atoms with van der Waals surface area (Å²) in [5, 5.41) is 28.5. The number of primary sulfonamides is 1. The van der Waals surface area contributed by atoms with E-state index in [1.165, 1.54) is 6.07 Å². The van der Waals surface area contributed by atoms with E-state index >= 15 is 0 Å². The fraction of sp³-hybridized carbons (Fsp3) is 0.316. The number of benzene rings is 2. The van der Waals surface area contributed by atoms with E-state index in [2.05, 4.69) is 25.5 Å². The number of aromatic nitrogens is 4. The third-order valence-corrected chi connectivity index (χ3v) is 6.23. The first-order chi connectivity index (χ1) is 14.0. The first kappa shape index (κ1) is 19.6. The third kappa shape index (κ3) is 4.06. The van der Waals surface area contributed by atoms with Crippen LogP contribution in [0.5, 0.6) is 0 Å². The highest BCUT2D eigenvalue weighted by Gasteiger charge is 2.24. The topological polar surface area (TPSA) is 138 Å². The molecule has 1 fully saturated rings. The Hall–Kier alpha value is -2.66. The van der Waals surface area contributed by atoms with E-state index in [0.29, 0.717) is 11.1 Å². The summed E-state index contributed by atoms with van der Waals surface area (Å²) in [5.74, 6) is 0.233. The van der Waals surface area contributed by atoms with Gasteiger partial charge < -0.3 is 5.11 Å². The Balaban J connectivity index is 1.70. The van der Waals surface area contributed by atoms with Crippen molar-refractivity contribution >= 4 is 10.0 Å². The minimum Gasteiger partial charge on any atom is -0.395 e. The number of tetrazole rings is 1. The van der Waals surface area contributed by atoms with Gasteiger partial charge in [-0.2, -0.15) is 0 Å². The molecule has 4 rings (SSSR count). The van der Waals surface area contributed by atoms with E-state index in [9.17, 15) is 13.5 Å². The second-order valence-corrected chi connectivity index (χ2v) is 8.65. The van der Waals surface area contributed by atoms with Crippen molar-refractivity contribution in [2.24, 2.45) is 5.14 Å². The molecule has 4 N–H and O–H groups in total. The van der Waals surface area contributed by atoms with Gasteiger partial charge in [-0.3, -0.25) is 4.90 Å². The first-order valence-electron chi connectivity index (χ1n) is 9.31. The molecular weight excluding hydrogens is 392 g/mol. The number of hydrogen-bond donors (Lipinski definition) is 3. The molecule has 0 aliphatic carbocycles. The molecule has 0 amide bonds. The van der Waals surface area contributed by atoms with Crippen molar-refractivity contribution in [1.29, 1.82) is 0 Å². The number of hydrogen-bond acceptors (Lipinski definition) is 7. The molecule has 2 heterocycles. The van der Waals surface area contributed by atoms with Gasteiger partial charge in [-0.25, -0.2) is 18.7 Å². The summed E-state index contributed by atoms with van der Waals surface area (Å²) in [7, 11) is -3.97. The Labute approximate surface area is 168 Å². The summed E-state index contributed by atoms with van der Waals surface area (Å²) in [6.07, 6.45) is 2.11. The number of nitrogens with zero attached hydrogens (tertiary/aromatic N) is 4. The molecular formula is C19H22N6O3S. The number of rotatable bonds is 6. The number of H-pyrrole nitrogens is 1. The standard InChI is InChI=1S/C19H22N6O3S/c20-29(27,28)17-5-1-4-16(18(17)19-21-23-24-22-19)14-8-6-13(7-9-14)11-25-10-2-3-15(25)12-26/h1,4-9,15,26H,2-3,10-12H2,(H2,20,27,28)(H,21,22,23,24). The molecule has 152 valence electrons. The predicted molar refractivity (Wildman–Crippen MR) is 107 cm³/mol. The van der Waals surface area contributed by atoms with Gasteiger partial charge in [0.1, 0.15) is 0 Å². The molecule has 1 unspecified atom stereocenters. The minimum atomic E-state index is -3.97. The molecule has 0 spiro atoms. The molecule has 1 saturated heterocycles. The van der Waals surface area contributed by atoms with Gasteiger partial charge in [-0.15, -0.1) is 5.10 Å². The Morgan fingerprint density at radius 1 is 1.21 bits per heavy atom. The zero-order chi connectivity index (χ0) is 20.4. The number of aromatic amines is 1. The highest BCUT2D eigenvalue weighted by Crippen LogP contribution is 2.35. The highest BCUT2D eigenvalue weighted by molar-refractivity contribution is 7.89. The largest absolute Gasteiger partial charge is 0.395 e. The van der Waals surface area contributed by atoms with Crippen molar-refractivity contribution in [2.45, 2.75) is 30.3 Å². The van der Waals surface area contributed by atoms with Crippen molar-refractivity contribution < 1.29 is 13.5 Å². The number of aliphatic hydroxyl groups excluding tert-OH is 1. The van der Waals surface area contributed by atoms with Gasteiger partial charge in [-0.05, 0) is 52.6 Å². The van der Waals surface area contributed by atoms with Crippen molar-refractivity contribution in [3.05, 3.63) is 48.0 Å². The highest BCUT2D eigenvalue weighted by atomic mass is 32.2. The van der Waals surface area contributed by atoms with E-state index in [1.54, 1.807) is 6.07 Å². The van der Waals surface area contributed by atoms with Gasteiger partial charge in [-0.1, -0.05) is 36.4 Å². The molecule has 3 aromatic rings. The maximum Gasteiger partial charge on any atom is 0.238 e. The molecule has 1 atom stereocenters. The van der Waals surface area contributed by atoms with Crippen LogP contribution in [0.3, 0.4) is 0 Å². The second-order valence-electron chi connectivity index (χ2n) is 7.12. The molecule has 0 saturated carbocycles. The fourth-order valence-electron chi connectivity index (χ4n) is 3.85. The first-order valence-corrected chi connectivity index (χ1v) is 10.9. The summed E-state index contributed by atoms with van der Waals surface area (Å²) < 4.78 is 24.2. The van der Waals surface area contributed by atoms with Gasteiger partial charge in [0.2, 0.25) is 10.0 Å². The molecule has 0 radical (unpaired) electrons. The van der Waals surface area contributed by atoms with Gasteiger partial charge in [0, 0.05) is 18.2 Å². The molecule has 1 aliphatic heterocycles. The summed E-state index contributed by atoms with van der Waals surface area (Å²) in [5.41, 5.74) is 2.95. The van der Waals surface area contributed by atoms with E-state index < -0.39 is 10.0 Å². The molecule has 1 aliphatic rings. The van der Waals surface area contributed by atoms with Crippen LogP contribution in [0.15, 0.2) is 47.4 Å². The van der Waals surface area contributed by atoms with E-state index in [1.807, 2.05) is 30.3 Å². The third-order valence-electron chi connectivity index (χ3n) is 5.28. The number of sulfonamides is 1. The second kappa shape index (κ2) is 7.99. The van der Waals surface area contributed by atoms with Crippen molar-refractivity contribution in [3.8, 4) is 22.5 Å². The predicted octanol–water partition coefficient (Wildman–Crippen LogP) is 1.14. The normalized spacial score (nSPS) is 17.7. The summed E-state index contributed by atoms with van der Waals surface area (Å²) >= 11 is 0. The lowest BCUT2D eigenvalue weighted by Gasteiger charge is -2.22. The van der Waals surface area contributed by atoms with Crippen LogP contribution in [-0.4, -0.2) is 58.2 Å². The molecule has 0 bridgehead atoms. The number of nitrogens with two attached hydrogens (primary N) is 1. The number of aliphatic hydroxyl groups is 1. The Morgan fingerprint density at radius 3 is 2.66 bits per heavy atom. The minimum absolute atomic E-state index is 0.0412. The van der Waals surface area contributed by atoms with Crippen molar-refractivity contribution in [1.82, 2.24) is 25.5 Å². The van der Waals surface area contributed by atoms with Crippen molar-refractivity contribution in [2.75, 3.05) is 13.2 Å². The molecule has 1 aromatic heterocycles. The van der Waals surface area contributed by atoms with Crippen molar-refractivity contribution in [3.63, 3.8) is 0 Å². The van der Waals surface area contributed by atoms with Crippen LogP contribution in [-0.2, 0) is 16.6 Å². The van der Waals surface area contributed by atoms with Crippen LogP contribution >= 0.6 is 0 Å². The zero-order valence-electron chi connectivity index (χ0n) is 15.7. The van der Waals surface area contributed by atoms with Crippen LogP contribution < -0.4 is 5.14 Å². The fourth-order valence-corrected chi connectivity index (χ4v) is 4.61. The lowest BCUT2D eigenvalue weighted by molar-refractivity contribution is 0.153. The Kier molecular flexibility index (Phi) is 5.41. The van der Waals surface area contributed by atoms with E-state index in [-0.39, 0.29) is 23.4 Å².